The van der Waals surface area contributed by atoms with Crippen molar-refractivity contribution in [3.63, 3.8) is 0 Å². The maximum Gasteiger partial charge on any atom is 0.103 e. The molecule has 0 atom stereocenters. The van der Waals surface area contributed by atoms with Crippen LogP contribution in [0.1, 0.15) is 49.2 Å². The smallest absolute Gasteiger partial charge is 0.103 e. The molecule has 2 rings (SSSR count). The topological polar surface area (TPSA) is 24.9 Å². The molecule has 0 unspecified atom stereocenters. The fraction of sp³-hybridized carbons (Fsp3) is 0.786. The van der Waals surface area contributed by atoms with Gasteiger partial charge in [-0.15, -0.1) is 11.3 Å². The van der Waals surface area contributed by atoms with Crippen LogP contribution < -0.4 is 5.32 Å². The van der Waals surface area contributed by atoms with Gasteiger partial charge in [0.05, 0.1) is 5.69 Å². The molecule has 18 heavy (non-hydrogen) atoms. The third-order valence-electron chi connectivity index (χ3n) is 2.98. The zero-order valence-electron chi connectivity index (χ0n) is 11.7. The molecule has 1 saturated carbocycles. The highest BCUT2D eigenvalue weighted by molar-refractivity contribution is 7.98. The second kappa shape index (κ2) is 6.92. The van der Waals surface area contributed by atoms with Gasteiger partial charge in [-0.25, -0.2) is 4.98 Å². The third kappa shape index (κ3) is 4.56. The maximum absolute atomic E-state index is 4.84. The van der Waals surface area contributed by atoms with Crippen molar-refractivity contribution in [3.8, 4) is 0 Å². The van der Waals surface area contributed by atoms with Crippen molar-refractivity contribution in [2.75, 3.05) is 5.75 Å². The van der Waals surface area contributed by atoms with E-state index >= 15 is 0 Å². The zero-order chi connectivity index (χ0) is 13.0. The first kappa shape index (κ1) is 14.4. The SMILES string of the molecule is CCSCc1nc(CC(C)C)c(CNC2CC2)s1. The maximum atomic E-state index is 4.84. The molecule has 1 fully saturated rings. The molecule has 0 aromatic carbocycles. The van der Waals surface area contributed by atoms with E-state index in [1.165, 1.54) is 34.2 Å². The van der Waals surface area contributed by atoms with E-state index in [2.05, 4.69) is 26.1 Å². The summed E-state index contributed by atoms with van der Waals surface area (Å²) in [6, 6.07) is 0.785. The molecule has 1 aliphatic rings. The largest absolute Gasteiger partial charge is 0.309 e. The number of hydrogen-bond acceptors (Lipinski definition) is 4. The van der Waals surface area contributed by atoms with Gasteiger partial charge in [0.1, 0.15) is 5.01 Å². The van der Waals surface area contributed by atoms with Crippen molar-refractivity contribution in [3.05, 3.63) is 15.6 Å². The van der Waals surface area contributed by atoms with Crippen molar-refractivity contribution >= 4 is 23.1 Å². The van der Waals surface area contributed by atoms with Gasteiger partial charge in [0, 0.05) is 23.2 Å². The predicted molar refractivity (Wildman–Crippen MR) is 82.4 cm³/mol. The lowest BCUT2D eigenvalue weighted by Gasteiger charge is -2.05. The molecule has 0 bridgehead atoms. The average Bonchev–Trinajstić information content (AvgIpc) is 3.07. The van der Waals surface area contributed by atoms with Gasteiger partial charge in [-0.1, -0.05) is 20.8 Å². The Balaban J connectivity index is 1.99. The summed E-state index contributed by atoms with van der Waals surface area (Å²) in [7, 11) is 0. The van der Waals surface area contributed by atoms with Crippen molar-refractivity contribution in [1.82, 2.24) is 10.3 Å². The summed E-state index contributed by atoms with van der Waals surface area (Å²) in [5, 5.41) is 4.93. The Hall–Kier alpha value is -0.0600. The lowest BCUT2D eigenvalue weighted by molar-refractivity contribution is 0.623. The minimum atomic E-state index is 0.693. The number of nitrogens with zero attached hydrogens (tertiary/aromatic N) is 1. The highest BCUT2D eigenvalue weighted by Gasteiger charge is 2.21. The molecule has 102 valence electrons. The molecule has 1 aliphatic carbocycles. The number of nitrogens with one attached hydrogen (secondary N) is 1. The lowest BCUT2D eigenvalue weighted by Crippen LogP contribution is -2.15. The quantitative estimate of drug-likeness (QED) is 0.785. The van der Waals surface area contributed by atoms with Gasteiger partial charge in [0.25, 0.3) is 0 Å². The molecule has 1 N–H and O–H groups in total. The second-order valence-electron chi connectivity index (χ2n) is 5.37. The van der Waals surface area contributed by atoms with Gasteiger partial charge in [0.15, 0.2) is 0 Å². The van der Waals surface area contributed by atoms with Crippen LogP contribution in [-0.4, -0.2) is 16.8 Å². The second-order valence-corrected chi connectivity index (χ2v) is 7.81. The summed E-state index contributed by atoms with van der Waals surface area (Å²) >= 11 is 3.88. The molecule has 4 heteroatoms. The van der Waals surface area contributed by atoms with Gasteiger partial charge >= 0.3 is 0 Å². The van der Waals surface area contributed by atoms with Crippen molar-refractivity contribution < 1.29 is 0 Å². The Labute approximate surface area is 119 Å². The molecule has 0 radical (unpaired) electrons. The van der Waals surface area contributed by atoms with Crippen LogP contribution in [0.15, 0.2) is 0 Å². The molecule has 1 heterocycles. The lowest BCUT2D eigenvalue weighted by atomic mass is 10.1. The fourth-order valence-electron chi connectivity index (χ4n) is 1.90. The summed E-state index contributed by atoms with van der Waals surface area (Å²) in [6.07, 6.45) is 3.84. The first-order chi connectivity index (χ1) is 8.69. The van der Waals surface area contributed by atoms with Crippen molar-refractivity contribution in [2.45, 2.75) is 58.4 Å². The molecule has 0 aliphatic heterocycles. The van der Waals surface area contributed by atoms with Crippen LogP contribution in [0.4, 0.5) is 0 Å². The van der Waals surface area contributed by atoms with Crippen LogP contribution in [0.5, 0.6) is 0 Å². The number of hydrogen-bond donors (Lipinski definition) is 1. The van der Waals surface area contributed by atoms with Crippen LogP contribution in [0.25, 0.3) is 0 Å². The monoisotopic (exact) mass is 284 g/mol. The van der Waals surface area contributed by atoms with E-state index in [0.29, 0.717) is 5.92 Å². The fourth-order valence-corrected chi connectivity index (χ4v) is 3.67. The van der Waals surface area contributed by atoms with E-state index in [9.17, 15) is 0 Å². The molecule has 0 amide bonds. The van der Waals surface area contributed by atoms with Gasteiger partial charge in [-0.3, -0.25) is 0 Å². The minimum Gasteiger partial charge on any atom is -0.309 e. The summed E-state index contributed by atoms with van der Waals surface area (Å²) in [5.74, 6) is 2.95. The molecule has 1 aromatic rings. The van der Waals surface area contributed by atoms with E-state index in [4.69, 9.17) is 4.98 Å². The van der Waals surface area contributed by atoms with Gasteiger partial charge in [0.2, 0.25) is 0 Å². The Bertz CT molecular complexity index is 370. The number of aromatic nitrogens is 1. The first-order valence-electron chi connectivity index (χ1n) is 6.97. The minimum absolute atomic E-state index is 0.693. The van der Waals surface area contributed by atoms with E-state index in [1.807, 2.05) is 23.1 Å². The number of thiazole rings is 1. The van der Waals surface area contributed by atoms with Crippen LogP contribution in [0.3, 0.4) is 0 Å². The van der Waals surface area contributed by atoms with Crippen LogP contribution in [0.2, 0.25) is 0 Å². The Kier molecular flexibility index (Phi) is 5.52. The molecule has 0 saturated heterocycles. The highest BCUT2D eigenvalue weighted by atomic mass is 32.2. The van der Waals surface area contributed by atoms with Gasteiger partial charge in [-0.05, 0) is 30.9 Å². The highest BCUT2D eigenvalue weighted by Crippen LogP contribution is 2.26. The molecular weight excluding hydrogens is 260 g/mol. The van der Waals surface area contributed by atoms with Gasteiger partial charge in [-0.2, -0.15) is 11.8 Å². The standard InChI is InChI=1S/C14H24N2S2/c1-4-17-9-14-16-12(7-10(2)3)13(18-14)8-15-11-5-6-11/h10-11,15H,4-9H2,1-3H3. The average molecular weight is 284 g/mol. The molecule has 0 spiro atoms. The first-order valence-corrected chi connectivity index (χ1v) is 8.94. The van der Waals surface area contributed by atoms with E-state index in [-0.39, 0.29) is 0 Å². The zero-order valence-corrected chi connectivity index (χ0v) is 13.3. The molecule has 2 nitrogen and oxygen atoms in total. The summed E-state index contributed by atoms with van der Waals surface area (Å²) in [6.45, 7) is 7.79. The van der Waals surface area contributed by atoms with Crippen molar-refractivity contribution in [1.29, 1.82) is 0 Å². The van der Waals surface area contributed by atoms with Crippen molar-refractivity contribution in [2.24, 2.45) is 5.92 Å². The van der Waals surface area contributed by atoms with Crippen LogP contribution in [-0.2, 0) is 18.7 Å². The third-order valence-corrected chi connectivity index (χ3v) is 5.15. The molecule has 1 aromatic heterocycles. The summed E-state index contributed by atoms with van der Waals surface area (Å²) in [5.41, 5.74) is 1.34. The number of thioether (sulfide) groups is 1. The number of rotatable bonds is 8. The molecular formula is C14H24N2S2. The van der Waals surface area contributed by atoms with E-state index in [0.717, 1.165) is 24.8 Å². The summed E-state index contributed by atoms with van der Waals surface area (Å²) < 4.78 is 0. The Morgan fingerprint density at radius 1 is 1.44 bits per heavy atom. The van der Waals surface area contributed by atoms with Crippen LogP contribution >= 0.6 is 23.1 Å². The Morgan fingerprint density at radius 3 is 2.83 bits per heavy atom. The van der Waals surface area contributed by atoms with E-state index < -0.39 is 0 Å². The summed E-state index contributed by atoms with van der Waals surface area (Å²) in [4.78, 5) is 6.32. The Morgan fingerprint density at radius 2 is 2.22 bits per heavy atom. The van der Waals surface area contributed by atoms with Crippen LogP contribution in [0, 0.1) is 5.92 Å². The van der Waals surface area contributed by atoms with Gasteiger partial charge < -0.3 is 5.32 Å². The normalized spacial score (nSPS) is 15.6. The van der Waals surface area contributed by atoms with E-state index in [1.54, 1.807) is 0 Å². The predicted octanol–water partition coefficient (Wildman–Crippen LogP) is 3.85.